The second-order valence-corrected chi connectivity index (χ2v) is 8.89. The highest BCUT2D eigenvalue weighted by Gasteiger charge is 2.30. The number of nitrogens with one attached hydrogen (secondary N) is 1. The Hall–Kier alpha value is -1.38. The van der Waals surface area contributed by atoms with E-state index in [1.165, 1.54) is 0 Å². The van der Waals surface area contributed by atoms with Gasteiger partial charge in [-0.2, -0.15) is 5.26 Å². The molecule has 4 nitrogen and oxygen atoms in total. The predicted octanol–water partition coefficient (Wildman–Crippen LogP) is 3.25. The Balaban J connectivity index is 2.93. The molecule has 0 aromatic heterocycles. The zero-order valence-electron chi connectivity index (χ0n) is 13.4. The van der Waals surface area contributed by atoms with Crippen molar-refractivity contribution in [2.75, 3.05) is 0 Å². The molecule has 5 heteroatoms. The predicted molar refractivity (Wildman–Crippen MR) is 84.2 cm³/mol. The van der Waals surface area contributed by atoms with Gasteiger partial charge in [-0.3, -0.25) is 0 Å². The van der Waals surface area contributed by atoms with Gasteiger partial charge in [-0.05, 0) is 43.4 Å². The Morgan fingerprint density at radius 1 is 1.10 bits per heavy atom. The van der Waals surface area contributed by atoms with Gasteiger partial charge < -0.3 is 0 Å². The molecular weight excluding hydrogens is 284 g/mol. The summed E-state index contributed by atoms with van der Waals surface area (Å²) in [5.41, 5.74) is 0.316. The van der Waals surface area contributed by atoms with E-state index in [2.05, 4.69) is 25.5 Å². The van der Waals surface area contributed by atoms with Crippen LogP contribution in [0.2, 0.25) is 0 Å². The van der Waals surface area contributed by atoms with Crippen LogP contribution in [0.5, 0.6) is 0 Å². The smallest absolute Gasteiger partial charge is 0.207 e. The third-order valence-corrected chi connectivity index (χ3v) is 4.61. The van der Waals surface area contributed by atoms with Gasteiger partial charge in [0.15, 0.2) is 0 Å². The second kappa shape index (κ2) is 6.17. The van der Waals surface area contributed by atoms with Crippen molar-refractivity contribution in [1.29, 1.82) is 5.26 Å². The molecule has 0 radical (unpaired) electrons. The van der Waals surface area contributed by atoms with Gasteiger partial charge in [0, 0.05) is 5.54 Å². The highest BCUT2D eigenvalue weighted by Crippen LogP contribution is 2.28. The number of nitrogens with zero attached hydrogens (tertiary/aromatic N) is 1. The molecule has 0 atom stereocenters. The Kier molecular flexibility index (Phi) is 5.19. The number of hydrogen-bond acceptors (Lipinski definition) is 3. The summed E-state index contributed by atoms with van der Waals surface area (Å²) < 4.78 is 27.6. The number of rotatable bonds is 5. The molecule has 0 aliphatic carbocycles. The van der Waals surface area contributed by atoms with Crippen LogP contribution in [0.1, 0.15) is 46.6 Å². The fourth-order valence-electron chi connectivity index (χ4n) is 2.66. The first-order chi connectivity index (χ1) is 9.45. The Morgan fingerprint density at radius 2 is 1.62 bits per heavy atom. The molecule has 0 spiro atoms. The van der Waals surface area contributed by atoms with Gasteiger partial charge in [0.1, 0.15) is 0 Å². The Morgan fingerprint density at radius 3 is 2.05 bits per heavy atom. The van der Waals surface area contributed by atoms with Crippen LogP contribution in [0.4, 0.5) is 0 Å². The number of sulfonamides is 1. The molecule has 0 bridgehead atoms. The normalized spacial score (nSPS) is 13.0. The van der Waals surface area contributed by atoms with E-state index in [-0.39, 0.29) is 16.7 Å². The van der Waals surface area contributed by atoms with E-state index in [1.807, 2.05) is 19.9 Å². The lowest BCUT2D eigenvalue weighted by Gasteiger charge is -2.33. The molecule has 0 fully saturated rings. The van der Waals surface area contributed by atoms with E-state index in [9.17, 15) is 8.42 Å². The molecule has 0 aliphatic rings. The largest absolute Gasteiger partial charge is 0.241 e. The van der Waals surface area contributed by atoms with Crippen molar-refractivity contribution in [3.63, 3.8) is 0 Å². The highest BCUT2D eigenvalue weighted by molar-refractivity contribution is 7.89. The number of benzene rings is 1. The number of nitriles is 1. The van der Waals surface area contributed by atoms with E-state index >= 15 is 0 Å². The molecule has 0 saturated carbocycles. The van der Waals surface area contributed by atoms with Crippen LogP contribution < -0.4 is 4.72 Å². The summed E-state index contributed by atoms with van der Waals surface area (Å²) in [6.45, 7) is 10.0. The van der Waals surface area contributed by atoms with Crippen LogP contribution in [0, 0.1) is 16.7 Å². The molecule has 0 unspecified atom stereocenters. The average Bonchev–Trinajstić information content (AvgIpc) is 2.25. The van der Waals surface area contributed by atoms with Crippen molar-refractivity contribution < 1.29 is 8.42 Å². The van der Waals surface area contributed by atoms with Crippen LogP contribution >= 0.6 is 0 Å². The maximum Gasteiger partial charge on any atom is 0.241 e. The van der Waals surface area contributed by atoms with Gasteiger partial charge in [0.2, 0.25) is 10.0 Å². The van der Waals surface area contributed by atoms with Crippen molar-refractivity contribution in [3.05, 3.63) is 29.8 Å². The van der Waals surface area contributed by atoms with Gasteiger partial charge in [-0.1, -0.05) is 32.9 Å². The lowest BCUT2D eigenvalue weighted by Crippen LogP contribution is -2.45. The summed E-state index contributed by atoms with van der Waals surface area (Å²) >= 11 is 0. The van der Waals surface area contributed by atoms with E-state index in [1.54, 1.807) is 24.3 Å². The summed E-state index contributed by atoms with van der Waals surface area (Å²) in [4.78, 5) is 0.228. The van der Waals surface area contributed by atoms with Crippen molar-refractivity contribution in [2.45, 2.75) is 57.9 Å². The van der Waals surface area contributed by atoms with E-state index in [4.69, 9.17) is 5.26 Å². The second-order valence-electron chi connectivity index (χ2n) is 7.21. The molecule has 0 saturated heterocycles. The quantitative estimate of drug-likeness (QED) is 0.907. The molecule has 116 valence electrons. The lowest BCUT2D eigenvalue weighted by molar-refractivity contribution is 0.269. The summed E-state index contributed by atoms with van der Waals surface area (Å²) in [5.74, 6) is 0. The van der Waals surface area contributed by atoms with Crippen molar-refractivity contribution in [2.24, 2.45) is 5.41 Å². The molecular formula is C16H24N2O2S. The zero-order chi connectivity index (χ0) is 16.3. The van der Waals surface area contributed by atoms with Crippen LogP contribution in [0.3, 0.4) is 0 Å². The summed E-state index contributed by atoms with van der Waals surface area (Å²) in [7, 11) is -3.55. The summed E-state index contributed by atoms with van der Waals surface area (Å²) in [5, 5.41) is 8.63. The van der Waals surface area contributed by atoms with Gasteiger partial charge in [-0.25, -0.2) is 13.1 Å². The molecule has 21 heavy (non-hydrogen) atoms. The lowest BCUT2D eigenvalue weighted by atomic mass is 9.82. The topological polar surface area (TPSA) is 70.0 Å². The van der Waals surface area contributed by atoms with Gasteiger partial charge >= 0.3 is 0 Å². The SMILES string of the molecule is CC(C)(C)CC(C)(C)NS(=O)(=O)c1ccc(CC#N)cc1. The van der Waals surface area contributed by atoms with Crippen LogP contribution in [0.15, 0.2) is 29.2 Å². The third-order valence-electron chi connectivity index (χ3n) is 2.90. The van der Waals surface area contributed by atoms with E-state index in [0.29, 0.717) is 0 Å². The monoisotopic (exact) mass is 308 g/mol. The van der Waals surface area contributed by atoms with E-state index in [0.717, 1.165) is 12.0 Å². The summed E-state index contributed by atoms with van der Waals surface area (Å²) in [6.07, 6.45) is 1.01. The molecule has 1 aromatic rings. The molecule has 1 N–H and O–H groups in total. The van der Waals surface area contributed by atoms with Crippen molar-refractivity contribution in [3.8, 4) is 6.07 Å². The zero-order valence-corrected chi connectivity index (χ0v) is 14.2. The molecule has 0 heterocycles. The van der Waals surface area contributed by atoms with E-state index < -0.39 is 15.6 Å². The third kappa shape index (κ3) is 5.86. The minimum atomic E-state index is -3.55. The van der Waals surface area contributed by atoms with Gasteiger partial charge in [0.05, 0.1) is 17.4 Å². The first-order valence-corrected chi connectivity index (χ1v) is 8.43. The maximum absolute atomic E-state index is 12.4. The Labute approximate surface area is 128 Å². The molecule has 1 aromatic carbocycles. The minimum absolute atomic E-state index is 0.0304. The first kappa shape index (κ1) is 17.7. The number of hydrogen-bond donors (Lipinski definition) is 1. The standard InChI is InChI=1S/C16H24N2O2S/c1-15(2,3)12-16(4,5)18-21(19,20)14-8-6-13(7-9-14)10-11-17/h6-9,18H,10,12H2,1-5H3. The highest BCUT2D eigenvalue weighted by atomic mass is 32.2. The average molecular weight is 308 g/mol. The minimum Gasteiger partial charge on any atom is -0.207 e. The van der Waals surface area contributed by atoms with Crippen LogP contribution in [-0.2, 0) is 16.4 Å². The maximum atomic E-state index is 12.4. The molecule has 0 amide bonds. The van der Waals surface area contributed by atoms with Crippen LogP contribution in [0.25, 0.3) is 0 Å². The van der Waals surface area contributed by atoms with Gasteiger partial charge in [-0.15, -0.1) is 0 Å². The van der Waals surface area contributed by atoms with Crippen molar-refractivity contribution >= 4 is 10.0 Å². The summed E-state index contributed by atoms with van der Waals surface area (Å²) in [6, 6.07) is 8.48. The molecule has 1 rings (SSSR count). The van der Waals surface area contributed by atoms with Crippen molar-refractivity contribution in [1.82, 2.24) is 4.72 Å². The Bertz CT molecular complexity index is 618. The fraction of sp³-hybridized carbons (Fsp3) is 0.562. The van der Waals surface area contributed by atoms with Crippen LogP contribution in [-0.4, -0.2) is 14.0 Å². The molecule has 0 aliphatic heterocycles. The fourth-order valence-corrected chi connectivity index (χ4v) is 4.07. The van der Waals surface area contributed by atoms with Gasteiger partial charge in [0.25, 0.3) is 0 Å². The first-order valence-electron chi connectivity index (χ1n) is 6.95.